The van der Waals surface area contributed by atoms with Crippen LogP contribution in [0.2, 0.25) is 0 Å². The van der Waals surface area contributed by atoms with Crippen molar-refractivity contribution in [3.8, 4) is 5.75 Å². The molecule has 4 nitrogen and oxygen atoms in total. The van der Waals surface area contributed by atoms with Crippen LogP contribution >= 0.6 is 15.9 Å². The van der Waals surface area contributed by atoms with E-state index in [0.29, 0.717) is 12.4 Å². The first kappa shape index (κ1) is 15.3. The molecule has 0 bridgehead atoms. The molecular formula is C15H21BrN2O2. The molecule has 1 aromatic carbocycles. The molecule has 1 amide bonds. The lowest BCUT2D eigenvalue weighted by molar-refractivity contribution is -0.120. The molecule has 3 N–H and O–H groups in total. The summed E-state index contributed by atoms with van der Waals surface area (Å²) in [6.07, 6.45) is 3.73. The molecule has 0 heterocycles. The molecule has 1 fully saturated rings. The minimum Gasteiger partial charge on any atom is -0.492 e. The fourth-order valence-corrected chi connectivity index (χ4v) is 2.91. The van der Waals surface area contributed by atoms with Gasteiger partial charge in [0.1, 0.15) is 5.75 Å². The van der Waals surface area contributed by atoms with Crippen molar-refractivity contribution in [1.29, 1.82) is 0 Å². The van der Waals surface area contributed by atoms with E-state index in [9.17, 15) is 4.79 Å². The van der Waals surface area contributed by atoms with E-state index >= 15 is 0 Å². The molecule has 110 valence electrons. The molecule has 1 aromatic rings. The molecule has 2 unspecified atom stereocenters. The van der Waals surface area contributed by atoms with Crippen molar-refractivity contribution >= 4 is 27.5 Å². The number of benzene rings is 1. The third-order valence-corrected chi connectivity index (χ3v) is 4.08. The predicted molar refractivity (Wildman–Crippen MR) is 83.9 cm³/mol. The van der Waals surface area contributed by atoms with Crippen LogP contribution in [0.3, 0.4) is 0 Å². The first-order valence-corrected chi connectivity index (χ1v) is 7.88. The number of carbonyl (C=O) groups excluding carboxylic acids is 1. The second-order valence-electron chi connectivity index (χ2n) is 5.19. The van der Waals surface area contributed by atoms with Crippen LogP contribution in [-0.4, -0.2) is 18.6 Å². The van der Waals surface area contributed by atoms with E-state index in [0.717, 1.165) is 35.8 Å². The van der Waals surface area contributed by atoms with Gasteiger partial charge in [-0.05, 0) is 44.4 Å². The Labute approximate surface area is 128 Å². The van der Waals surface area contributed by atoms with Gasteiger partial charge in [-0.3, -0.25) is 4.79 Å². The van der Waals surface area contributed by atoms with Crippen LogP contribution in [-0.2, 0) is 4.79 Å². The summed E-state index contributed by atoms with van der Waals surface area (Å²) in [4.78, 5) is 12.3. The van der Waals surface area contributed by atoms with Gasteiger partial charge in [-0.2, -0.15) is 0 Å². The van der Waals surface area contributed by atoms with Crippen molar-refractivity contribution in [2.75, 3.05) is 11.9 Å². The zero-order valence-electron chi connectivity index (χ0n) is 11.7. The van der Waals surface area contributed by atoms with Crippen molar-refractivity contribution in [2.24, 2.45) is 11.7 Å². The standard InChI is InChI=1S/C15H21BrN2O2/c1-2-20-14-9-11(16)6-7-13(14)18-15(19)10-4-3-5-12(17)8-10/h6-7,9-10,12H,2-5,8,17H2,1H3,(H,18,19). The molecule has 0 radical (unpaired) electrons. The topological polar surface area (TPSA) is 64.3 Å². The van der Waals surface area contributed by atoms with E-state index < -0.39 is 0 Å². The van der Waals surface area contributed by atoms with E-state index in [1.54, 1.807) is 0 Å². The first-order valence-electron chi connectivity index (χ1n) is 7.09. The zero-order valence-corrected chi connectivity index (χ0v) is 13.3. The van der Waals surface area contributed by atoms with Gasteiger partial charge in [-0.25, -0.2) is 0 Å². The molecule has 20 heavy (non-hydrogen) atoms. The molecule has 1 aliphatic rings. The average Bonchev–Trinajstić information content (AvgIpc) is 2.42. The number of hydrogen-bond donors (Lipinski definition) is 2. The summed E-state index contributed by atoms with van der Waals surface area (Å²) in [6.45, 7) is 2.49. The van der Waals surface area contributed by atoms with Gasteiger partial charge in [-0.15, -0.1) is 0 Å². The Balaban J connectivity index is 2.06. The van der Waals surface area contributed by atoms with Crippen molar-refractivity contribution in [2.45, 2.75) is 38.6 Å². The molecule has 0 aromatic heterocycles. The van der Waals surface area contributed by atoms with Crippen LogP contribution < -0.4 is 15.8 Å². The number of nitrogens with one attached hydrogen (secondary N) is 1. The largest absolute Gasteiger partial charge is 0.492 e. The fraction of sp³-hybridized carbons (Fsp3) is 0.533. The highest BCUT2D eigenvalue weighted by Gasteiger charge is 2.25. The van der Waals surface area contributed by atoms with Gasteiger partial charge < -0.3 is 15.8 Å². The summed E-state index contributed by atoms with van der Waals surface area (Å²) < 4.78 is 6.49. The van der Waals surface area contributed by atoms with Crippen LogP contribution in [0.4, 0.5) is 5.69 Å². The summed E-state index contributed by atoms with van der Waals surface area (Å²) in [5.74, 6) is 0.746. The van der Waals surface area contributed by atoms with E-state index in [-0.39, 0.29) is 17.9 Å². The molecule has 1 aliphatic carbocycles. The summed E-state index contributed by atoms with van der Waals surface area (Å²) in [7, 11) is 0. The Morgan fingerprint density at radius 2 is 2.30 bits per heavy atom. The molecule has 5 heteroatoms. The molecule has 2 atom stereocenters. The second-order valence-corrected chi connectivity index (χ2v) is 6.10. The molecule has 0 aliphatic heterocycles. The minimum absolute atomic E-state index is 0.0110. The molecule has 0 saturated heterocycles. The Bertz CT molecular complexity index is 479. The van der Waals surface area contributed by atoms with Crippen LogP contribution in [0.5, 0.6) is 5.75 Å². The Kier molecular flexibility index (Phi) is 5.43. The fourth-order valence-electron chi connectivity index (χ4n) is 2.57. The zero-order chi connectivity index (χ0) is 14.5. The van der Waals surface area contributed by atoms with Crippen LogP contribution in [0.25, 0.3) is 0 Å². The highest BCUT2D eigenvalue weighted by Crippen LogP contribution is 2.30. The number of ether oxygens (including phenoxy) is 1. The maximum Gasteiger partial charge on any atom is 0.227 e. The minimum atomic E-state index is 0.0110. The van der Waals surface area contributed by atoms with Crippen molar-refractivity contribution in [3.05, 3.63) is 22.7 Å². The lowest BCUT2D eigenvalue weighted by Gasteiger charge is -2.26. The number of rotatable bonds is 4. The third-order valence-electron chi connectivity index (χ3n) is 3.59. The highest BCUT2D eigenvalue weighted by molar-refractivity contribution is 9.10. The summed E-state index contributed by atoms with van der Waals surface area (Å²) in [6, 6.07) is 5.77. The number of hydrogen-bond acceptors (Lipinski definition) is 3. The molecule has 0 spiro atoms. The Hall–Kier alpha value is -1.07. The van der Waals surface area contributed by atoms with E-state index in [2.05, 4.69) is 21.2 Å². The number of nitrogens with two attached hydrogens (primary N) is 1. The van der Waals surface area contributed by atoms with E-state index in [1.807, 2.05) is 25.1 Å². The van der Waals surface area contributed by atoms with Crippen LogP contribution in [0.1, 0.15) is 32.6 Å². The Morgan fingerprint density at radius 1 is 1.50 bits per heavy atom. The van der Waals surface area contributed by atoms with Crippen LogP contribution in [0, 0.1) is 5.92 Å². The number of amides is 1. The van der Waals surface area contributed by atoms with Gasteiger partial charge in [0.05, 0.1) is 12.3 Å². The lowest BCUT2D eigenvalue weighted by atomic mass is 9.85. The quantitative estimate of drug-likeness (QED) is 0.883. The Morgan fingerprint density at radius 3 is 3.00 bits per heavy atom. The predicted octanol–water partition coefficient (Wildman–Crippen LogP) is 3.30. The van der Waals surface area contributed by atoms with Crippen LogP contribution in [0.15, 0.2) is 22.7 Å². The van der Waals surface area contributed by atoms with Gasteiger partial charge in [0.25, 0.3) is 0 Å². The highest BCUT2D eigenvalue weighted by atomic mass is 79.9. The van der Waals surface area contributed by atoms with Gasteiger partial charge in [-0.1, -0.05) is 22.4 Å². The number of anilines is 1. The summed E-state index contributed by atoms with van der Waals surface area (Å²) >= 11 is 3.41. The lowest BCUT2D eigenvalue weighted by Crippen LogP contribution is -2.34. The van der Waals surface area contributed by atoms with Gasteiger partial charge in [0, 0.05) is 16.4 Å². The maximum absolute atomic E-state index is 12.3. The molecular weight excluding hydrogens is 320 g/mol. The molecule has 1 saturated carbocycles. The molecule has 2 rings (SSSR count). The maximum atomic E-state index is 12.3. The normalized spacial score (nSPS) is 22.4. The van der Waals surface area contributed by atoms with Gasteiger partial charge in [0.15, 0.2) is 0 Å². The summed E-state index contributed by atoms with van der Waals surface area (Å²) in [5, 5.41) is 2.97. The SMILES string of the molecule is CCOc1cc(Br)ccc1NC(=O)C1CCCC(N)C1. The summed E-state index contributed by atoms with van der Waals surface area (Å²) in [5.41, 5.74) is 6.66. The van der Waals surface area contributed by atoms with E-state index in [1.165, 1.54) is 0 Å². The number of carbonyl (C=O) groups is 1. The second kappa shape index (κ2) is 7.09. The van der Waals surface area contributed by atoms with Crippen molar-refractivity contribution in [1.82, 2.24) is 0 Å². The third kappa shape index (κ3) is 3.96. The van der Waals surface area contributed by atoms with Crippen molar-refractivity contribution in [3.63, 3.8) is 0 Å². The monoisotopic (exact) mass is 340 g/mol. The average molecular weight is 341 g/mol. The van der Waals surface area contributed by atoms with Gasteiger partial charge in [0.2, 0.25) is 5.91 Å². The first-order chi connectivity index (χ1) is 9.60. The van der Waals surface area contributed by atoms with Crippen molar-refractivity contribution < 1.29 is 9.53 Å². The smallest absolute Gasteiger partial charge is 0.227 e. The number of halogens is 1. The van der Waals surface area contributed by atoms with Gasteiger partial charge >= 0.3 is 0 Å². The van der Waals surface area contributed by atoms with E-state index in [4.69, 9.17) is 10.5 Å².